The quantitative estimate of drug-likeness (QED) is 0.785. The van der Waals surface area contributed by atoms with E-state index in [4.69, 9.17) is 4.74 Å². The van der Waals surface area contributed by atoms with Gasteiger partial charge in [0, 0.05) is 37.7 Å². The smallest absolute Gasteiger partial charge is 0.0707 e. The first-order chi connectivity index (χ1) is 7.88. The highest BCUT2D eigenvalue weighted by atomic mass is 32.2. The fraction of sp³-hybridized carbons (Fsp3) is 1.00. The molecule has 0 saturated carbocycles. The molecule has 0 aromatic heterocycles. The van der Waals surface area contributed by atoms with E-state index in [0.29, 0.717) is 12.2 Å². The number of hydrogen-bond acceptors (Lipinski definition) is 4. The van der Waals surface area contributed by atoms with Gasteiger partial charge in [-0.25, -0.2) is 0 Å². The van der Waals surface area contributed by atoms with E-state index in [1.54, 1.807) is 0 Å². The molecule has 2 atom stereocenters. The molecule has 0 aromatic rings. The van der Waals surface area contributed by atoms with Crippen molar-refractivity contribution >= 4 is 11.8 Å². The van der Waals surface area contributed by atoms with Crippen molar-refractivity contribution in [3.8, 4) is 0 Å². The minimum Gasteiger partial charge on any atom is -0.372 e. The van der Waals surface area contributed by atoms with Crippen LogP contribution in [0.25, 0.3) is 0 Å². The summed E-state index contributed by atoms with van der Waals surface area (Å²) in [6.45, 7) is 7.89. The predicted octanol–water partition coefficient (Wildman–Crippen LogP) is 1.19. The Kier molecular flexibility index (Phi) is 5.42. The van der Waals surface area contributed by atoms with Gasteiger partial charge in [-0.2, -0.15) is 11.8 Å². The van der Waals surface area contributed by atoms with Gasteiger partial charge in [-0.1, -0.05) is 6.92 Å². The van der Waals surface area contributed by atoms with Gasteiger partial charge in [0.05, 0.1) is 12.2 Å². The zero-order valence-corrected chi connectivity index (χ0v) is 11.1. The Labute approximate surface area is 103 Å². The lowest BCUT2D eigenvalue weighted by Gasteiger charge is -2.28. The number of rotatable bonds is 5. The number of nitrogens with zero attached hydrogens (tertiary/aromatic N) is 1. The summed E-state index contributed by atoms with van der Waals surface area (Å²) in [6.07, 6.45) is 3.44. The maximum atomic E-state index is 6.06. The van der Waals surface area contributed by atoms with Gasteiger partial charge in [-0.05, 0) is 19.4 Å². The van der Waals surface area contributed by atoms with E-state index in [-0.39, 0.29) is 0 Å². The fourth-order valence-corrected chi connectivity index (χ4v) is 3.42. The monoisotopic (exact) mass is 244 g/mol. The van der Waals surface area contributed by atoms with E-state index in [2.05, 4.69) is 28.9 Å². The Morgan fingerprint density at radius 2 is 2.00 bits per heavy atom. The van der Waals surface area contributed by atoms with Gasteiger partial charge in [0.15, 0.2) is 0 Å². The highest BCUT2D eigenvalue weighted by molar-refractivity contribution is 7.99. The molecule has 0 radical (unpaired) electrons. The minimum absolute atomic E-state index is 0.462. The molecule has 2 aliphatic heterocycles. The van der Waals surface area contributed by atoms with Crippen LogP contribution < -0.4 is 5.32 Å². The summed E-state index contributed by atoms with van der Waals surface area (Å²) in [6, 6.07) is 0. The molecule has 2 heterocycles. The Morgan fingerprint density at radius 3 is 2.75 bits per heavy atom. The van der Waals surface area contributed by atoms with Crippen LogP contribution in [-0.2, 0) is 4.74 Å². The lowest BCUT2D eigenvalue weighted by atomic mass is 10.2. The molecule has 1 N–H and O–H groups in total. The number of likely N-dealkylation sites (N-methyl/N-ethyl adjacent to an activating group) is 1. The lowest BCUT2D eigenvalue weighted by molar-refractivity contribution is 0.0254. The van der Waals surface area contributed by atoms with Crippen molar-refractivity contribution in [2.24, 2.45) is 0 Å². The molecule has 2 rings (SSSR count). The third-order valence-corrected chi connectivity index (χ3v) is 4.33. The van der Waals surface area contributed by atoms with Gasteiger partial charge in [0.1, 0.15) is 0 Å². The van der Waals surface area contributed by atoms with E-state index in [1.165, 1.54) is 37.4 Å². The summed E-state index contributed by atoms with van der Waals surface area (Å²) in [4.78, 5) is 2.57. The van der Waals surface area contributed by atoms with E-state index in [0.717, 1.165) is 19.6 Å². The van der Waals surface area contributed by atoms with Gasteiger partial charge >= 0.3 is 0 Å². The van der Waals surface area contributed by atoms with Crippen molar-refractivity contribution in [2.75, 3.05) is 44.2 Å². The van der Waals surface area contributed by atoms with Crippen LogP contribution in [0.2, 0.25) is 0 Å². The van der Waals surface area contributed by atoms with Crippen LogP contribution in [0.4, 0.5) is 0 Å². The van der Waals surface area contributed by atoms with Crippen LogP contribution in [0, 0.1) is 0 Å². The van der Waals surface area contributed by atoms with Gasteiger partial charge in [0.25, 0.3) is 0 Å². The molecule has 0 bridgehead atoms. The van der Waals surface area contributed by atoms with Crippen molar-refractivity contribution in [1.29, 1.82) is 0 Å². The lowest BCUT2D eigenvalue weighted by Crippen LogP contribution is -2.38. The highest BCUT2D eigenvalue weighted by Gasteiger charge is 2.26. The van der Waals surface area contributed by atoms with Crippen molar-refractivity contribution in [2.45, 2.75) is 32.0 Å². The zero-order valence-electron chi connectivity index (χ0n) is 10.3. The van der Waals surface area contributed by atoms with Crippen LogP contribution in [0.5, 0.6) is 0 Å². The maximum Gasteiger partial charge on any atom is 0.0707 e. The Morgan fingerprint density at radius 1 is 1.25 bits per heavy atom. The van der Waals surface area contributed by atoms with Crippen molar-refractivity contribution < 1.29 is 4.74 Å². The van der Waals surface area contributed by atoms with Crippen molar-refractivity contribution in [3.05, 3.63) is 0 Å². The first kappa shape index (κ1) is 12.7. The standard InChI is InChI=1S/C12H24N2OS/c1-2-13-9-11-3-4-12(15-11)10-14-5-7-16-8-6-14/h11-13H,2-10H2,1H3. The van der Waals surface area contributed by atoms with E-state index in [1.807, 2.05) is 0 Å². The fourth-order valence-electron chi connectivity index (χ4n) is 2.44. The molecule has 3 nitrogen and oxygen atoms in total. The molecular weight excluding hydrogens is 220 g/mol. The summed E-state index contributed by atoms with van der Waals surface area (Å²) >= 11 is 2.08. The second kappa shape index (κ2) is 6.84. The summed E-state index contributed by atoms with van der Waals surface area (Å²) in [5.41, 5.74) is 0. The molecule has 2 unspecified atom stereocenters. The van der Waals surface area contributed by atoms with Gasteiger partial charge in [0.2, 0.25) is 0 Å². The second-order valence-corrected chi connectivity index (χ2v) is 5.90. The summed E-state index contributed by atoms with van der Waals surface area (Å²) in [7, 11) is 0. The van der Waals surface area contributed by atoms with E-state index in [9.17, 15) is 0 Å². The molecule has 0 amide bonds. The van der Waals surface area contributed by atoms with Crippen LogP contribution in [0.15, 0.2) is 0 Å². The Hall–Kier alpha value is 0.230. The summed E-state index contributed by atoms with van der Waals surface area (Å²) in [5.74, 6) is 2.60. The molecule has 16 heavy (non-hydrogen) atoms. The molecule has 0 aromatic carbocycles. The normalized spacial score (nSPS) is 32.1. The van der Waals surface area contributed by atoms with Crippen LogP contribution in [-0.4, -0.2) is 61.3 Å². The third-order valence-electron chi connectivity index (χ3n) is 3.38. The Bertz CT molecular complexity index is 197. The molecular formula is C12H24N2OS. The number of hydrogen-bond donors (Lipinski definition) is 1. The molecule has 0 spiro atoms. The van der Waals surface area contributed by atoms with Gasteiger partial charge in [-0.3, -0.25) is 4.90 Å². The van der Waals surface area contributed by atoms with Gasteiger partial charge in [-0.15, -0.1) is 0 Å². The summed E-state index contributed by atoms with van der Waals surface area (Å²) < 4.78 is 6.06. The topological polar surface area (TPSA) is 24.5 Å². The molecule has 2 fully saturated rings. The van der Waals surface area contributed by atoms with Crippen LogP contribution in [0.1, 0.15) is 19.8 Å². The molecule has 2 aliphatic rings. The maximum absolute atomic E-state index is 6.06. The largest absolute Gasteiger partial charge is 0.372 e. The summed E-state index contributed by atoms with van der Waals surface area (Å²) in [5, 5.41) is 3.37. The molecule has 94 valence electrons. The predicted molar refractivity (Wildman–Crippen MR) is 70.2 cm³/mol. The number of thioether (sulfide) groups is 1. The number of ether oxygens (including phenoxy) is 1. The Balaban J connectivity index is 1.63. The minimum atomic E-state index is 0.462. The van der Waals surface area contributed by atoms with Gasteiger partial charge < -0.3 is 10.1 Å². The van der Waals surface area contributed by atoms with E-state index < -0.39 is 0 Å². The average molecular weight is 244 g/mol. The SMILES string of the molecule is CCNCC1CCC(CN2CCSCC2)O1. The highest BCUT2D eigenvalue weighted by Crippen LogP contribution is 2.21. The third kappa shape index (κ3) is 3.91. The first-order valence-corrected chi connectivity index (χ1v) is 7.70. The first-order valence-electron chi connectivity index (χ1n) is 6.54. The van der Waals surface area contributed by atoms with E-state index >= 15 is 0 Å². The molecule has 4 heteroatoms. The molecule has 2 saturated heterocycles. The second-order valence-electron chi connectivity index (χ2n) is 4.68. The average Bonchev–Trinajstić information content (AvgIpc) is 2.75. The number of nitrogens with one attached hydrogen (secondary N) is 1. The van der Waals surface area contributed by atoms with Crippen molar-refractivity contribution in [1.82, 2.24) is 10.2 Å². The van der Waals surface area contributed by atoms with Crippen molar-refractivity contribution in [3.63, 3.8) is 0 Å². The van der Waals surface area contributed by atoms with Crippen LogP contribution in [0.3, 0.4) is 0 Å². The zero-order chi connectivity index (χ0) is 11.2. The van der Waals surface area contributed by atoms with Crippen LogP contribution >= 0.6 is 11.8 Å². The molecule has 0 aliphatic carbocycles.